The number of hydrogen-bond acceptors (Lipinski definition) is 1. The Hall–Kier alpha value is -1.72. The van der Waals surface area contributed by atoms with Gasteiger partial charge in [0, 0.05) is 0 Å². The molecule has 2 aromatic rings. The van der Waals surface area contributed by atoms with E-state index in [2.05, 4.69) is 9.97 Å². The molecule has 15 heavy (non-hydrogen) atoms. The Balaban J connectivity index is 2.42. The van der Waals surface area contributed by atoms with Crippen LogP contribution in [-0.2, 0) is 6.42 Å². The molecule has 80 valence electrons. The van der Waals surface area contributed by atoms with Gasteiger partial charge in [-0.05, 0) is 17.7 Å². The first-order valence-corrected chi connectivity index (χ1v) is 4.22. The molecule has 1 aromatic heterocycles. The third-order valence-electron chi connectivity index (χ3n) is 1.98. The summed E-state index contributed by atoms with van der Waals surface area (Å²) in [5.41, 5.74) is 0.604. The summed E-state index contributed by atoms with van der Waals surface area (Å²) in [6, 6.07) is 4.12. The zero-order valence-corrected chi connectivity index (χ0v) is 7.48. The minimum absolute atomic E-state index is 0.130. The highest BCUT2D eigenvalue weighted by Crippen LogP contribution is 2.22. The number of aromatic amines is 2. The van der Waals surface area contributed by atoms with Crippen LogP contribution >= 0.6 is 0 Å². The highest BCUT2D eigenvalue weighted by molar-refractivity contribution is 5.75. The van der Waals surface area contributed by atoms with Gasteiger partial charge in [0.25, 0.3) is 0 Å². The largest absolute Gasteiger partial charge is 0.393 e. The van der Waals surface area contributed by atoms with E-state index in [0.717, 1.165) is 0 Å². The molecular formula is C9H7F3N2O. The number of alkyl halides is 3. The maximum Gasteiger partial charge on any atom is 0.393 e. The molecule has 0 unspecified atom stereocenters. The first-order valence-electron chi connectivity index (χ1n) is 4.22. The Kier molecular flexibility index (Phi) is 2.06. The molecular weight excluding hydrogens is 209 g/mol. The van der Waals surface area contributed by atoms with Gasteiger partial charge in [0.15, 0.2) is 0 Å². The summed E-state index contributed by atoms with van der Waals surface area (Å²) in [5.74, 6) is 0. The molecule has 0 amide bonds. The highest BCUT2D eigenvalue weighted by Gasteiger charge is 2.27. The van der Waals surface area contributed by atoms with Crippen LogP contribution in [0.15, 0.2) is 23.0 Å². The van der Waals surface area contributed by atoms with E-state index in [1.54, 1.807) is 0 Å². The van der Waals surface area contributed by atoms with Crippen LogP contribution in [-0.4, -0.2) is 16.1 Å². The summed E-state index contributed by atoms with van der Waals surface area (Å²) in [5, 5.41) is 0. The third-order valence-corrected chi connectivity index (χ3v) is 1.98. The van der Waals surface area contributed by atoms with Gasteiger partial charge in [-0.25, -0.2) is 4.79 Å². The van der Waals surface area contributed by atoms with Crippen molar-refractivity contribution in [1.29, 1.82) is 0 Å². The molecule has 0 atom stereocenters. The summed E-state index contributed by atoms with van der Waals surface area (Å²) < 4.78 is 36.2. The molecule has 0 saturated carbocycles. The second kappa shape index (κ2) is 3.15. The predicted octanol–water partition coefficient (Wildman–Crippen LogP) is 1.96. The normalized spacial score (nSPS) is 12.2. The van der Waals surface area contributed by atoms with Gasteiger partial charge in [-0.15, -0.1) is 0 Å². The van der Waals surface area contributed by atoms with E-state index >= 15 is 0 Å². The standard InChI is InChI=1S/C9H7F3N2O/c10-9(11,12)4-5-1-2-6-7(3-5)14-8(15)13-6/h1-3H,4H2,(H2,13,14,15). The molecule has 3 nitrogen and oxygen atoms in total. The lowest BCUT2D eigenvalue weighted by atomic mass is 10.1. The van der Waals surface area contributed by atoms with Gasteiger partial charge in [0.2, 0.25) is 0 Å². The highest BCUT2D eigenvalue weighted by atomic mass is 19.4. The average Bonchev–Trinajstić information content (AvgIpc) is 2.40. The van der Waals surface area contributed by atoms with Crippen molar-refractivity contribution in [3.63, 3.8) is 0 Å². The van der Waals surface area contributed by atoms with Gasteiger partial charge in [0.1, 0.15) is 0 Å². The molecule has 0 aliphatic heterocycles. The van der Waals surface area contributed by atoms with Crippen LogP contribution in [0.3, 0.4) is 0 Å². The van der Waals surface area contributed by atoms with Crippen LogP contribution in [0.1, 0.15) is 5.56 Å². The Morgan fingerprint density at radius 3 is 2.47 bits per heavy atom. The minimum atomic E-state index is -4.23. The van der Waals surface area contributed by atoms with Crippen molar-refractivity contribution in [3.05, 3.63) is 34.2 Å². The van der Waals surface area contributed by atoms with E-state index in [1.807, 2.05) is 0 Å². The first-order chi connectivity index (χ1) is 6.94. The molecule has 0 spiro atoms. The van der Waals surface area contributed by atoms with Crippen molar-refractivity contribution in [3.8, 4) is 0 Å². The van der Waals surface area contributed by atoms with Crippen LogP contribution in [0, 0.1) is 0 Å². The van der Waals surface area contributed by atoms with Gasteiger partial charge < -0.3 is 9.97 Å². The Labute approximate surface area is 81.9 Å². The molecule has 6 heteroatoms. The Morgan fingerprint density at radius 1 is 1.13 bits per heavy atom. The fourth-order valence-corrected chi connectivity index (χ4v) is 1.42. The monoisotopic (exact) mass is 216 g/mol. The molecule has 0 aliphatic rings. The van der Waals surface area contributed by atoms with E-state index in [1.165, 1.54) is 18.2 Å². The minimum Gasteiger partial charge on any atom is -0.306 e. The molecule has 0 bridgehead atoms. The van der Waals surface area contributed by atoms with Crippen molar-refractivity contribution in [2.75, 3.05) is 0 Å². The van der Waals surface area contributed by atoms with Crippen molar-refractivity contribution in [2.45, 2.75) is 12.6 Å². The maximum absolute atomic E-state index is 12.1. The fraction of sp³-hybridized carbons (Fsp3) is 0.222. The second-order valence-corrected chi connectivity index (χ2v) is 3.25. The van der Waals surface area contributed by atoms with Gasteiger partial charge in [-0.3, -0.25) is 0 Å². The van der Waals surface area contributed by atoms with E-state index in [-0.39, 0.29) is 5.56 Å². The van der Waals surface area contributed by atoms with Crippen LogP contribution in [0.2, 0.25) is 0 Å². The van der Waals surface area contributed by atoms with E-state index in [0.29, 0.717) is 11.0 Å². The van der Waals surface area contributed by atoms with E-state index in [9.17, 15) is 18.0 Å². The number of rotatable bonds is 1. The number of benzene rings is 1. The first kappa shape index (κ1) is 9.82. The third kappa shape index (κ3) is 2.20. The number of aromatic nitrogens is 2. The molecule has 2 N–H and O–H groups in total. The smallest absolute Gasteiger partial charge is 0.306 e. The summed E-state index contributed by atoms with van der Waals surface area (Å²) in [7, 11) is 0. The van der Waals surface area contributed by atoms with Crippen molar-refractivity contribution >= 4 is 11.0 Å². The van der Waals surface area contributed by atoms with Crippen molar-refractivity contribution in [1.82, 2.24) is 9.97 Å². The number of nitrogens with one attached hydrogen (secondary N) is 2. The summed E-state index contributed by atoms with van der Waals surface area (Å²) in [6.45, 7) is 0. The van der Waals surface area contributed by atoms with Gasteiger partial charge in [-0.1, -0.05) is 6.07 Å². The Bertz CT molecular complexity index is 538. The van der Waals surface area contributed by atoms with Crippen LogP contribution in [0.4, 0.5) is 13.2 Å². The van der Waals surface area contributed by atoms with Gasteiger partial charge in [-0.2, -0.15) is 13.2 Å². The zero-order chi connectivity index (χ0) is 11.1. The number of halogens is 3. The van der Waals surface area contributed by atoms with Crippen molar-refractivity contribution in [2.24, 2.45) is 0 Å². The quantitative estimate of drug-likeness (QED) is 0.752. The van der Waals surface area contributed by atoms with Gasteiger partial charge in [0.05, 0.1) is 17.5 Å². The van der Waals surface area contributed by atoms with E-state index < -0.39 is 18.3 Å². The topological polar surface area (TPSA) is 48.6 Å². The van der Waals surface area contributed by atoms with Crippen LogP contribution < -0.4 is 5.69 Å². The number of hydrogen-bond donors (Lipinski definition) is 2. The van der Waals surface area contributed by atoms with Crippen LogP contribution in [0.25, 0.3) is 11.0 Å². The van der Waals surface area contributed by atoms with Crippen LogP contribution in [0.5, 0.6) is 0 Å². The SMILES string of the molecule is O=c1[nH]c2ccc(CC(F)(F)F)cc2[nH]1. The number of H-pyrrole nitrogens is 2. The lowest BCUT2D eigenvalue weighted by Gasteiger charge is -2.05. The Morgan fingerprint density at radius 2 is 1.80 bits per heavy atom. The lowest BCUT2D eigenvalue weighted by molar-refractivity contribution is -0.127. The number of fused-ring (bicyclic) bond motifs is 1. The molecule has 1 heterocycles. The molecule has 2 rings (SSSR count). The number of imidazole rings is 1. The molecule has 0 aliphatic carbocycles. The maximum atomic E-state index is 12.1. The molecule has 1 aromatic carbocycles. The van der Waals surface area contributed by atoms with E-state index in [4.69, 9.17) is 0 Å². The summed E-state index contributed by atoms with van der Waals surface area (Å²) in [4.78, 5) is 15.7. The van der Waals surface area contributed by atoms with Crippen molar-refractivity contribution < 1.29 is 13.2 Å². The summed E-state index contributed by atoms with van der Waals surface area (Å²) >= 11 is 0. The van der Waals surface area contributed by atoms with Gasteiger partial charge >= 0.3 is 11.9 Å². The lowest BCUT2D eigenvalue weighted by Crippen LogP contribution is -2.11. The molecule has 0 saturated heterocycles. The second-order valence-electron chi connectivity index (χ2n) is 3.25. The zero-order valence-electron chi connectivity index (χ0n) is 7.48. The molecule has 0 fully saturated rings. The molecule has 0 radical (unpaired) electrons. The summed E-state index contributed by atoms with van der Waals surface area (Å²) in [6.07, 6.45) is -5.22. The average molecular weight is 216 g/mol. The fourth-order valence-electron chi connectivity index (χ4n) is 1.42. The predicted molar refractivity (Wildman–Crippen MR) is 48.7 cm³/mol.